The van der Waals surface area contributed by atoms with Gasteiger partial charge >= 0.3 is 0 Å². The average molecular weight is 287 g/mol. The molecule has 0 fully saturated rings. The van der Waals surface area contributed by atoms with Gasteiger partial charge in [0, 0.05) is 12.1 Å². The Bertz CT molecular complexity index is 743. The lowest BCUT2D eigenvalue weighted by molar-refractivity contribution is 1.10. The maximum absolute atomic E-state index is 4.78. The van der Waals surface area contributed by atoms with Crippen LogP contribution in [0.1, 0.15) is 33.7 Å². The molecule has 3 rings (SSSR count). The zero-order valence-corrected chi connectivity index (χ0v) is 13.4. The molecule has 1 aliphatic rings. The van der Waals surface area contributed by atoms with Crippen LogP contribution in [0.3, 0.4) is 0 Å². The number of aliphatic imine (C=N–C) groups is 1. The third kappa shape index (κ3) is 2.94. The van der Waals surface area contributed by atoms with Crippen LogP contribution in [0.4, 0.5) is 5.69 Å². The summed E-state index contributed by atoms with van der Waals surface area (Å²) in [5.74, 6) is 0.364. The van der Waals surface area contributed by atoms with Crippen molar-refractivity contribution in [3.05, 3.63) is 88.5 Å². The van der Waals surface area contributed by atoms with Crippen molar-refractivity contribution in [2.75, 3.05) is 0 Å². The largest absolute Gasteiger partial charge is 0.256 e. The van der Waals surface area contributed by atoms with E-state index in [9.17, 15) is 0 Å². The van der Waals surface area contributed by atoms with E-state index >= 15 is 0 Å². The van der Waals surface area contributed by atoms with Crippen molar-refractivity contribution in [1.82, 2.24) is 0 Å². The quantitative estimate of drug-likeness (QED) is 0.654. The van der Waals surface area contributed by atoms with Crippen molar-refractivity contribution < 1.29 is 0 Å². The van der Waals surface area contributed by atoms with Crippen LogP contribution in [0.5, 0.6) is 0 Å². The maximum atomic E-state index is 4.78. The molecule has 0 heterocycles. The SMILES string of the molecule is Cc1cc(C)c(N=Cc2ccccc2C2C=CC=C2)c(C)c1. The first kappa shape index (κ1) is 14.5. The Morgan fingerprint density at radius 2 is 1.55 bits per heavy atom. The van der Waals surface area contributed by atoms with E-state index in [2.05, 4.69) is 81.5 Å². The smallest absolute Gasteiger partial charge is 0.0688 e. The van der Waals surface area contributed by atoms with Gasteiger partial charge in [-0.3, -0.25) is 4.99 Å². The minimum atomic E-state index is 0.364. The molecule has 0 N–H and O–H groups in total. The fourth-order valence-electron chi connectivity index (χ4n) is 3.08. The van der Waals surface area contributed by atoms with Gasteiger partial charge in [0.15, 0.2) is 0 Å². The topological polar surface area (TPSA) is 12.4 Å². The molecule has 1 heteroatoms. The van der Waals surface area contributed by atoms with Crippen LogP contribution in [0, 0.1) is 20.8 Å². The molecule has 0 aliphatic heterocycles. The van der Waals surface area contributed by atoms with Gasteiger partial charge in [-0.25, -0.2) is 0 Å². The third-order valence-electron chi connectivity index (χ3n) is 4.07. The summed E-state index contributed by atoms with van der Waals surface area (Å²) >= 11 is 0. The maximum Gasteiger partial charge on any atom is 0.0688 e. The Morgan fingerprint density at radius 1 is 0.909 bits per heavy atom. The van der Waals surface area contributed by atoms with Gasteiger partial charge in [-0.15, -0.1) is 0 Å². The molecule has 2 aromatic carbocycles. The molecule has 2 aromatic rings. The number of allylic oxidation sites excluding steroid dienone is 4. The van der Waals surface area contributed by atoms with E-state index in [1.54, 1.807) is 0 Å². The van der Waals surface area contributed by atoms with Gasteiger partial charge < -0.3 is 0 Å². The fraction of sp³-hybridized carbons (Fsp3) is 0.190. The first-order valence-electron chi connectivity index (χ1n) is 7.71. The van der Waals surface area contributed by atoms with Gasteiger partial charge in [0.25, 0.3) is 0 Å². The molecular weight excluding hydrogens is 266 g/mol. The monoisotopic (exact) mass is 287 g/mol. The lowest BCUT2D eigenvalue weighted by Crippen LogP contribution is -1.96. The molecule has 0 atom stereocenters. The molecule has 0 unspecified atom stereocenters. The number of nitrogens with zero attached hydrogens (tertiary/aromatic N) is 1. The highest BCUT2D eigenvalue weighted by molar-refractivity contribution is 5.85. The lowest BCUT2D eigenvalue weighted by atomic mass is 9.96. The Hall–Kier alpha value is -2.41. The Kier molecular flexibility index (Phi) is 4.06. The summed E-state index contributed by atoms with van der Waals surface area (Å²) in [6.45, 7) is 6.38. The molecule has 0 amide bonds. The summed E-state index contributed by atoms with van der Waals surface area (Å²) in [7, 11) is 0. The van der Waals surface area contributed by atoms with E-state index in [0.717, 1.165) is 5.69 Å². The molecule has 1 nitrogen and oxygen atoms in total. The standard InChI is InChI=1S/C21H21N/c1-15-12-16(2)21(17(3)13-15)22-14-19-10-6-7-11-20(19)18-8-4-5-9-18/h4-14,18H,1-3H3. The number of rotatable bonds is 3. The van der Waals surface area contributed by atoms with E-state index in [-0.39, 0.29) is 0 Å². The molecule has 0 spiro atoms. The van der Waals surface area contributed by atoms with Crippen molar-refractivity contribution in [2.24, 2.45) is 4.99 Å². The fourth-order valence-corrected chi connectivity index (χ4v) is 3.08. The van der Waals surface area contributed by atoms with Crippen molar-refractivity contribution in [2.45, 2.75) is 26.7 Å². The van der Waals surface area contributed by atoms with Gasteiger partial charge in [-0.2, -0.15) is 0 Å². The molecule has 0 aromatic heterocycles. The zero-order valence-electron chi connectivity index (χ0n) is 13.4. The molecule has 1 aliphatic carbocycles. The van der Waals surface area contributed by atoms with Crippen LogP contribution >= 0.6 is 0 Å². The minimum Gasteiger partial charge on any atom is -0.256 e. The summed E-state index contributed by atoms with van der Waals surface area (Å²) in [5.41, 5.74) is 7.31. The van der Waals surface area contributed by atoms with Gasteiger partial charge in [-0.05, 0) is 43.0 Å². The average Bonchev–Trinajstić information content (AvgIpc) is 3.00. The molecule has 0 bridgehead atoms. The molecule has 0 saturated carbocycles. The summed E-state index contributed by atoms with van der Waals surface area (Å²) in [6.07, 6.45) is 10.6. The van der Waals surface area contributed by atoms with Crippen LogP contribution < -0.4 is 0 Å². The predicted octanol–water partition coefficient (Wildman–Crippen LogP) is 5.57. The van der Waals surface area contributed by atoms with Crippen LogP contribution in [0.15, 0.2) is 65.7 Å². The van der Waals surface area contributed by atoms with E-state index < -0.39 is 0 Å². The second-order valence-electron chi connectivity index (χ2n) is 5.93. The first-order valence-corrected chi connectivity index (χ1v) is 7.71. The van der Waals surface area contributed by atoms with Gasteiger partial charge in [0.2, 0.25) is 0 Å². The van der Waals surface area contributed by atoms with E-state index in [0.29, 0.717) is 5.92 Å². The predicted molar refractivity (Wildman–Crippen MR) is 95.4 cm³/mol. The summed E-state index contributed by atoms with van der Waals surface area (Å²) in [6, 6.07) is 12.9. The highest BCUT2D eigenvalue weighted by Gasteiger charge is 2.10. The van der Waals surface area contributed by atoms with Crippen LogP contribution in [-0.2, 0) is 0 Å². The lowest BCUT2D eigenvalue weighted by Gasteiger charge is -2.10. The van der Waals surface area contributed by atoms with Gasteiger partial charge in [0.1, 0.15) is 0 Å². The van der Waals surface area contributed by atoms with Crippen LogP contribution in [0.2, 0.25) is 0 Å². The number of hydrogen-bond donors (Lipinski definition) is 0. The van der Waals surface area contributed by atoms with Crippen molar-refractivity contribution in [1.29, 1.82) is 0 Å². The number of benzene rings is 2. The second kappa shape index (κ2) is 6.15. The summed E-state index contributed by atoms with van der Waals surface area (Å²) < 4.78 is 0. The Morgan fingerprint density at radius 3 is 2.23 bits per heavy atom. The molecule has 22 heavy (non-hydrogen) atoms. The zero-order chi connectivity index (χ0) is 15.5. The van der Waals surface area contributed by atoms with Crippen LogP contribution in [0.25, 0.3) is 0 Å². The van der Waals surface area contributed by atoms with Crippen LogP contribution in [-0.4, -0.2) is 6.21 Å². The Balaban J connectivity index is 1.97. The highest BCUT2D eigenvalue weighted by Crippen LogP contribution is 2.27. The summed E-state index contributed by atoms with van der Waals surface area (Å²) in [5, 5.41) is 0. The van der Waals surface area contributed by atoms with Gasteiger partial charge in [0.05, 0.1) is 5.69 Å². The molecule has 0 radical (unpaired) electrons. The Labute approximate surface area is 132 Å². The van der Waals surface area contributed by atoms with E-state index in [1.807, 2.05) is 6.21 Å². The van der Waals surface area contributed by atoms with E-state index in [1.165, 1.54) is 27.8 Å². The number of aryl methyl sites for hydroxylation is 3. The third-order valence-corrected chi connectivity index (χ3v) is 4.07. The van der Waals surface area contributed by atoms with E-state index in [4.69, 9.17) is 4.99 Å². The first-order chi connectivity index (χ1) is 10.6. The normalized spacial score (nSPS) is 14.3. The minimum absolute atomic E-state index is 0.364. The molecule has 110 valence electrons. The van der Waals surface area contributed by atoms with Gasteiger partial charge in [-0.1, -0.05) is 66.3 Å². The second-order valence-corrected chi connectivity index (χ2v) is 5.93. The number of hydrogen-bond acceptors (Lipinski definition) is 1. The highest BCUT2D eigenvalue weighted by atomic mass is 14.7. The molecule has 0 saturated heterocycles. The van der Waals surface area contributed by atoms with Crippen molar-refractivity contribution in [3.8, 4) is 0 Å². The van der Waals surface area contributed by atoms with Crippen molar-refractivity contribution >= 4 is 11.9 Å². The van der Waals surface area contributed by atoms with Crippen molar-refractivity contribution in [3.63, 3.8) is 0 Å². The summed E-state index contributed by atoms with van der Waals surface area (Å²) in [4.78, 5) is 4.78. The molecular formula is C21H21N.